The van der Waals surface area contributed by atoms with Crippen LogP contribution in [0.3, 0.4) is 0 Å². The van der Waals surface area contributed by atoms with Gasteiger partial charge >= 0.3 is 0 Å². The fraction of sp³-hybridized carbons (Fsp3) is 0.391. The Morgan fingerprint density at radius 3 is 2.45 bits per heavy atom. The molecule has 0 radical (unpaired) electrons. The van der Waals surface area contributed by atoms with Crippen LogP contribution in [0.25, 0.3) is 22.9 Å². The van der Waals surface area contributed by atoms with Crippen LogP contribution >= 0.6 is 0 Å². The van der Waals surface area contributed by atoms with Crippen molar-refractivity contribution >= 4 is 28.7 Å². The molecule has 0 aromatic carbocycles. The standard InChI is InChI=1S/C23H28N6/c1-7-28(8-2)19-12-11-16(15(3)25-19)14-17-20(23(4,5)6)27-29-21(17)26-18-10-9-13-24-22(18)29/h9-14H,7-8H2,1-6H3/b17-14-. The number of fused-ring (bicyclic) bond motifs is 3. The van der Waals surface area contributed by atoms with Crippen LogP contribution in [-0.2, 0) is 5.41 Å². The first-order valence-electron chi connectivity index (χ1n) is 10.2. The van der Waals surface area contributed by atoms with Gasteiger partial charge in [0.1, 0.15) is 11.3 Å². The Bertz CT molecular complexity index is 1230. The number of nitrogens with zero attached hydrogens (tertiary/aromatic N) is 6. The molecule has 0 bridgehead atoms. The Hall–Kier alpha value is -3.02. The van der Waals surface area contributed by atoms with Crippen molar-refractivity contribution in [3.8, 4) is 0 Å². The van der Waals surface area contributed by atoms with Gasteiger partial charge in [0.2, 0.25) is 0 Å². The van der Waals surface area contributed by atoms with Crippen LogP contribution < -0.4 is 10.1 Å². The Morgan fingerprint density at radius 2 is 1.79 bits per heavy atom. The van der Waals surface area contributed by atoms with E-state index in [1.54, 1.807) is 6.20 Å². The largest absolute Gasteiger partial charge is 0.357 e. The van der Waals surface area contributed by atoms with Crippen LogP contribution in [0.4, 0.5) is 5.82 Å². The van der Waals surface area contributed by atoms with Gasteiger partial charge in [-0.25, -0.2) is 15.0 Å². The smallest absolute Gasteiger partial charge is 0.181 e. The number of hydrogen-bond acceptors (Lipinski definition) is 5. The van der Waals surface area contributed by atoms with Gasteiger partial charge < -0.3 is 4.90 Å². The third-order valence-electron chi connectivity index (χ3n) is 5.30. The molecule has 0 amide bonds. The minimum atomic E-state index is -0.115. The summed E-state index contributed by atoms with van der Waals surface area (Å²) in [6.45, 7) is 14.8. The predicted octanol–water partition coefficient (Wildman–Crippen LogP) is 3.67. The van der Waals surface area contributed by atoms with Gasteiger partial charge in [-0.05, 0) is 56.7 Å². The van der Waals surface area contributed by atoms with E-state index in [9.17, 15) is 0 Å². The molecule has 6 nitrogen and oxygen atoms in total. The number of hydrogen-bond donors (Lipinski definition) is 0. The maximum atomic E-state index is 4.90. The van der Waals surface area contributed by atoms with E-state index in [2.05, 4.69) is 69.6 Å². The monoisotopic (exact) mass is 388 g/mol. The summed E-state index contributed by atoms with van der Waals surface area (Å²) in [4.78, 5) is 16.4. The Morgan fingerprint density at radius 1 is 1.03 bits per heavy atom. The number of anilines is 1. The summed E-state index contributed by atoms with van der Waals surface area (Å²) >= 11 is 0. The number of rotatable bonds is 4. The highest BCUT2D eigenvalue weighted by Crippen LogP contribution is 2.22. The summed E-state index contributed by atoms with van der Waals surface area (Å²) in [6, 6.07) is 8.12. The molecule has 0 aliphatic carbocycles. The maximum Gasteiger partial charge on any atom is 0.181 e. The zero-order chi connectivity index (χ0) is 20.8. The molecular weight excluding hydrogens is 360 g/mol. The fourth-order valence-electron chi connectivity index (χ4n) is 3.71. The maximum absolute atomic E-state index is 4.90. The topological polar surface area (TPSA) is 59.2 Å². The second-order valence-corrected chi connectivity index (χ2v) is 8.37. The highest BCUT2D eigenvalue weighted by Gasteiger charge is 2.23. The molecule has 29 heavy (non-hydrogen) atoms. The van der Waals surface area contributed by atoms with E-state index in [1.165, 1.54) is 0 Å². The van der Waals surface area contributed by atoms with Gasteiger partial charge in [0.15, 0.2) is 11.3 Å². The average molecular weight is 389 g/mol. The number of pyridine rings is 2. The van der Waals surface area contributed by atoms with Crippen molar-refractivity contribution in [3.05, 3.63) is 52.6 Å². The van der Waals surface area contributed by atoms with Crippen molar-refractivity contribution in [2.24, 2.45) is 0 Å². The molecule has 0 aliphatic rings. The van der Waals surface area contributed by atoms with Crippen molar-refractivity contribution < 1.29 is 0 Å². The lowest BCUT2D eigenvalue weighted by atomic mass is 9.90. The van der Waals surface area contributed by atoms with Gasteiger partial charge in [0.25, 0.3) is 0 Å². The summed E-state index contributed by atoms with van der Waals surface area (Å²) in [5.74, 6) is 1.02. The highest BCUT2D eigenvalue weighted by atomic mass is 15.3. The summed E-state index contributed by atoms with van der Waals surface area (Å²) in [7, 11) is 0. The summed E-state index contributed by atoms with van der Waals surface area (Å²) < 4.78 is 1.87. The lowest BCUT2D eigenvalue weighted by Gasteiger charge is -2.20. The second kappa shape index (κ2) is 7.10. The lowest BCUT2D eigenvalue weighted by molar-refractivity contribution is 0.560. The second-order valence-electron chi connectivity index (χ2n) is 8.37. The highest BCUT2D eigenvalue weighted by molar-refractivity contribution is 5.77. The third-order valence-corrected chi connectivity index (χ3v) is 5.30. The van der Waals surface area contributed by atoms with Crippen LogP contribution in [0.15, 0.2) is 30.5 Å². The van der Waals surface area contributed by atoms with Crippen LogP contribution in [0.2, 0.25) is 0 Å². The molecule has 0 fully saturated rings. The van der Waals surface area contributed by atoms with Crippen molar-refractivity contribution in [1.82, 2.24) is 24.6 Å². The normalized spacial score (nSPS) is 13.0. The average Bonchev–Trinajstić information content (AvgIpc) is 3.21. The lowest BCUT2D eigenvalue weighted by Crippen LogP contribution is -2.23. The molecule has 0 unspecified atom stereocenters. The van der Waals surface area contributed by atoms with E-state index in [-0.39, 0.29) is 5.41 Å². The van der Waals surface area contributed by atoms with Crippen molar-refractivity contribution in [2.75, 3.05) is 18.0 Å². The first-order valence-corrected chi connectivity index (χ1v) is 10.2. The van der Waals surface area contributed by atoms with Crippen molar-refractivity contribution in [2.45, 2.75) is 47.0 Å². The zero-order valence-electron chi connectivity index (χ0n) is 18.1. The molecule has 4 heterocycles. The Kier molecular flexibility index (Phi) is 4.73. The molecule has 4 aromatic heterocycles. The minimum Gasteiger partial charge on any atom is -0.357 e. The molecule has 0 saturated carbocycles. The molecular formula is C23H28N6. The van der Waals surface area contributed by atoms with E-state index < -0.39 is 0 Å². The molecule has 0 atom stereocenters. The third kappa shape index (κ3) is 3.33. The van der Waals surface area contributed by atoms with E-state index in [1.807, 2.05) is 16.6 Å². The predicted molar refractivity (Wildman–Crippen MR) is 118 cm³/mol. The molecule has 6 heteroatoms. The number of aromatic nitrogens is 5. The molecule has 0 spiro atoms. The zero-order valence-corrected chi connectivity index (χ0v) is 18.1. The Balaban J connectivity index is 1.96. The quantitative estimate of drug-likeness (QED) is 0.534. The van der Waals surface area contributed by atoms with Gasteiger partial charge in [-0.3, -0.25) is 0 Å². The number of aryl methyl sites for hydroxylation is 1. The van der Waals surface area contributed by atoms with Gasteiger partial charge in [-0.15, -0.1) is 0 Å². The molecule has 4 rings (SSSR count). The first-order chi connectivity index (χ1) is 13.8. The van der Waals surface area contributed by atoms with Crippen LogP contribution in [-0.4, -0.2) is 37.7 Å². The Labute approximate surface area is 171 Å². The molecule has 0 N–H and O–H groups in total. The van der Waals surface area contributed by atoms with Gasteiger partial charge in [0.05, 0.1) is 5.69 Å². The molecule has 0 saturated heterocycles. The van der Waals surface area contributed by atoms with E-state index >= 15 is 0 Å². The summed E-state index contributed by atoms with van der Waals surface area (Å²) in [6.07, 6.45) is 3.95. The van der Waals surface area contributed by atoms with Crippen LogP contribution in [0.1, 0.15) is 51.6 Å². The van der Waals surface area contributed by atoms with E-state index in [4.69, 9.17) is 15.1 Å². The van der Waals surface area contributed by atoms with Crippen molar-refractivity contribution in [3.63, 3.8) is 0 Å². The van der Waals surface area contributed by atoms with E-state index in [0.717, 1.165) is 57.9 Å². The summed E-state index contributed by atoms with van der Waals surface area (Å²) in [5.41, 5.74) is 5.48. The first kappa shape index (κ1) is 19.3. The minimum absolute atomic E-state index is 0.115. The van der Waals surface area contributed by atoms with Gasteiger partial charge in [-0.1, -0.05) is 20.8 Å². The SMILES string of the molecule is CCN(CC)c1ccc(/C=c2/c(C(C)(C)C)nn3c2nc2cccnc23)c(C)n1. The molecule has 4 aromatic rings. The van der Waals surface area contributed by atoms with Gasteiger partial charge in [-0.2, -0.15) is 9.61 Å². The van der Waals surface area contributed by atoms with Crippen LogP contribution in [0, 0.1) is 6.92 Å². The molecule has 150 valence electrons. The van der Waals surface area contributed by atoms with E-state index in [0.29, 0.717) is 0 Å². The van der Waals surface area contributed by atoms with Gasteiger partial charge in [0, 0.05) is 35.6 Å². The van der Waals surface area contributed by atoms with Crippen molar-refractivity contribution in [1.29, 1.82) is 0 Å². The number of imidazole rings is 1. The van der Waals surface area contributed by atoms with Crippen LogP contribution in [0.5, 0.6) is 0 Å². The molecule has 0 aliphatic heterocycles. The summed E-state index contributed by atoms with van der Waals surface area (Å²) in [5, 5.41) is 5.94. The fourth-order valence-corrected chi connectivity index (χ4v) is 3.71.